The molecule has 0 spiro atoms. The van der Waals surface area contributed by atoms with Crippen LogP contribution in [0.25, 0.3) is 70.9 Å². The fraction of sp³-hybridized carbons (Fsp3) is 0. The first kappa shape index (κ1) is 21.5. The molecule has 0 saturated carbocycles. The molecular weight excluding hydrogens is 482 g/mol. The molecule has 8 aromatic rings. The van der Waals surface area contributed by atoms with E-state index in [9.17, 15) is 0 Å². The van der Waals surface area contributed by atoms with E-state index in [0.717, 1.165) is 21.6 Å². The topological polar surface area (TPSA) is 4.93 Å². The summed E-state index contributed by atoms with van der Waals surface area (Å²) in [6.07, 6.45) is 0. The van der Waals surface area contributed by atoms with Crippen molar-refractivity contribution < 1.29 is 0 Å². The molecule has 0 saturated heterocycles. The van der Waals surface area contributed by atoms with E-state index in [0.29, 0.717) is 0 Å². The fourth-order valence-corrected chi connectivity index (χ4v) is 6.39. The fourth-order valence-electron chi connectivity index (χ4n) is 6.21. The molecule has 0 fully saturated rings. The van der Waals surface area contributed by atoms with Crippen LogP contribution in [0.15, 0.2) is 133 Å². The zero-order chi connectivity index (χ0) is 25.2. The van der Waals surface area contributed by atoms with Crippen LogP contribution in [0.3, 0.4) is 0 Å². The molecule has 38 heavy (non-hydrogen) atoms. The molecule has 0 bridgehead atoms. The molecule has 1 aromatic heterocycles. The highest BCUT2D eigenvalue weighted by atomic mass is 35.5. The number of benzene rings is 7. The van der Waals surface area contributed by atoms with Crippen LogP contribution >= 0.6 is 11.6 Å². The van der Waals surface area contributed by atoms with E-state index in [2.05, 4.69) is 132 Å². The van der Waals surface area contributed by atoms with E-state index in [-0.39, 0.29) is 0 Å². The molecule has 0 aliphatic heterocycles. The molecule has 0 amide bonds. The second-order valence-corrected chi connectivity index (χ2v) is 10.3. The van der Waals surface area contributed by atoms with Crippen molar-refractivity contribution in [1.29, 1.82) is 0 Å². The Balaban J connectivity index is 1.49. The van der Waals surface area contributed by atoms with Gasteiger partial charge in [-0.15, -0.1) is 0 Å². The monoisotopic (exact) mass is 503 g/mol. The number of halogens is 1. The summed E-state index contributed by atoms with van der Waals surface area (Å²) < 4.78 is 2.34. The van der Waals surface area contributed by atoms with Crippen LogP contribution in [-0.2, 0) is 0 Å². The van der Waals surface area contributed by atoms with E-state index in [4.69, 9.17) is 11.6 Å². The number of rotatable bonds is 2. The maximum Gasteiger partial charge on any atom is 0.0547 e. The number of para-hydroxylation sites is 1. The molecule has 0 aliphatic rings. The van der Waals surface area contributed by atoms with Gasteiger partial charge in [0.2, 0.25) is 0 Å². The number of nitrogens with zero attached hydrogens (tertiary/aromatic N) is 1. The third kappa shape index (κ3) is 3.06. The molecule has 0 atom stereocenters. The molecule has 0 aliphatic carbocycles. The van der Waals surface area contributed by atoms with Gasteiger partial charge < -0.3 is 4.57 Å². The molecule has 0 N–H and O–H groups in total. The lowest BCUT2D eigenvalue weighted by Crippen LogP contribution is -1.93. The van der Waals surface area contributed by atoms with Gasteiger partial charge in [0.25, 0.3) is 0 Å². The second-order valence-electron chi connectivity index (χ2n) is 9.88. The van der Waals surface area contributed by atoms with E-state index in [1.54, 1.807) is 0 Å². The van der Waals surface area contributed by atoms with E-state index < -0.39 is 0 Å². The normalized spacial score (nSPS) is 11.8. The van der Waals surface area contributed by atoms with Gasteiger partial charge in [-0.25, -0.2) is 0 Å². The largest absolute Gasteiger partial charge is 0.309 e. The Kier molecular flexibility index (Phi) is 4.64. The van der Waals surface area contributed by atoms with Gasteiger partial charge in [0.15, 0.2) is 0 Å². The highest BCUT2D eigenvalue weighted by Crippen LogP contribution is 2.42. The Labute approximate surface area is 225 Å². The van der Waals surface area contributed by atoms with Crippen molar-refractivity contribution in [1.82, 2.24) is 4.57 Å². The van der Waals surface area contributed by atoms with Crippen LogP contribution in [0.1, 0.15) is 0 Å². The van der Waals surface area contributed by atoms with Crippen molar-refractivity contribution in [3.63, 3.8) is 0 Å². The summed E-state index contributed by atoms with van der Waals surface area (Å²) in [6.45, 7) is 0. The van der Waals surface area contributed by atoms with Gasteiger partial charge in [0.1, 0.15) is 0 Å². The molecule has 1 heterocycles. The Hall–Kier alpha value is -4.59. The minimum absolute atomic E-state index is 0.746. The predicted octanol–water partition coefficient (Wildman–Crippen LogP) is 10.6. The molecule has 178 valence electrons. The minimum Gasteiger partial charge on any atom is -0.309 e. The zero-order valence-electron chi connectivity index (χ0n) is 20.5. The third-order valence-electron chi connectivity index (χ3n) is 7.82. The Bertz CT molecular complexity index is 2150. The van der Waals surface area contributed by atoms with Crippen molar-refractivity contribution in [3.8, 4) is 16.8 Å². The molecule has 7 aromatic carbocycles. The van der Waals surface area contributed by atoms with Gasteiger partial charge in [-0.3, -0.25) is 0 Å². The highest BCUT2D eigenvalue weighted by molar-refractivity contribution is 6.32. The number of hydrogen-bond acceptors (Lipinski definition) is 0. The van der Waals surface area contributed by atoms with Gasteiger partial charge in [-0.05, 0) is 85.9 Å². The van der Waals surface area contributed by atoms with Gasteiger partial charge in [-0.2, -0.15) is 0 Å². The van der Waals surface area contributed by atoms with Crippen molar-refractivity contribution in [2.24, 2.45) is 0 Å². The summed E-state index contributed by atoms with van der Waals surface area (Å²) in [5.41, 5.74) is 5.89. The standard InChI is InChI=1S/C36H22ClN/c37-24-18-20-34-33(22-24)36-26(15-8-16-35(36)38(34)25-9-2-1-3-10-25)23-17-19-31-29-13-5-4-11-27(29)28-12-6-7-14-30(28)32(31)21-23/h1-22H. The first-order chi connectivity index (χ1) is 18.8. The summed E-state index contributed by atoms with van der Waals surface area (Å²) in [4.78, 5) is 0. The maximum atomic E-state index is 6.56. The smallest absolute Gasteiger partial charge is 0.0547 e. The molecular formula is C36H22ClN. The molecule has 2 heteroatoms. The van der Waals surface area contributed by atoms with Crippen LogP contribution in [-0.4, -0.2) is 4.57 Å². The van der Waals surface area contributed by atoms with Gasteiger partial charge in [0, 0.05) is 21.5 Å². The Morgan fingerprint density at radius 2 is 1.05 bits per heavy atom. The summed E-state index contributed by atoms with van der Waals surface area (Å²) >= 11 is 6.56. The van der Waals surface area contributed by atoms with Crippen LogP contribution in [0.2, 0.25) is 5.02 Å². The lowest BCUT2D eigenvalue weighted by atomic mass is 9.91. The predicted molar refractivity (Wildman–Crippen MR) is 164 cm³/mol. The van der Waals surface area contributed by atoms with Crippen LogP contribution in [0.5, 0.6) is 0 Å². The first-order valence-electron chi connectivity index (χ1n) is 12.9. The van der Waals surface area contributed by atoms with Crippen LogP contribution in [0, 0.1) is 0 Å². The third-order valence-corrected chi connectivity index (χ3v) is 8.06. The highest BCUT2D eigenvalue weighted by Gasteiger charge is 2.17. The molecule has 0 radical (unpaired) electrons. The lowest BCUT2D eigenvalue weighted by molar-refractivity contribution is 1.18. The van der Waals surface area contributed by atoms with E-state index in [1.807, 2.05) is 6.07 Å². The molecule has 1 nitrogen and oxygen atoms in total. The molecule has 8 rings (SSSR count). The minimum atomic E-state index is 0.746. The zero-order valence-corrected chi connectivity index (χ0v) is 21.3. The molecule has 0 unspecified atom stereocenters. The quantitative estimate of drug-likeness (QED) is 0.207. The van der Waals surface area contributed by atoms with Gasteiger partial charge in [-0.1, -0.05) is 103 Å². The first-order valence-corrected chi connectivity index (χ1v) is 13.3. The van der Waals surface area contributed by atoms with Crippen molar-refractivity contribution in [2.45, 2.75) is 0 Å². The Morgan fingerprint density at radius 1 is 0.421 bits per heavy atom. The summed E-state index contributed by atoms with van der Waals surface area (Å²) in [5, 5.41) is 10.8. The summed E-state index contributed by atoms with van der Waals surface area (Å²) in [7, 11) is 0. The van der Waals surface area contributed by atoms with E-state index >= 15 is 0 Å². The van der Waals surface area contributed by atoms with Crippen molar-refractivity contribution >= 4 is 65.7 Å². The van der Waals surface area contributed by atoms with Crippen LogP contribution in [0.4, 0.5) is 0 Å². The number of fused-ring (bicyclic) bond motifs is 9. The average molecular weight is 504 g/mol. The SMILES string of the molecule is Clc1ccc2c(c1)c1c(-c3ccc4c5ccccc5c5ccccc5c4c3)cccc1n2-c1ccccc1. The van der Waals surface area contributed by atoms with Crippen molar-refractivity contribution in [2.75, 3.05) is 0 Å². The summed E-state index contributed by atoms with van der Waals surface area (Å²) in [5.74, 6) is 0. The lowest BCUT2D eigenvalue weighted by Gasteiger charge is -2.13. The van der Waals surface area contributed by atoms with Crippen LogP contribution < -0.4 is 0 Å². The summed E-state index contributed by atoms with van der Waals surface area (Å²) in [6, 6.07) is 47.8. The second kappa shape index (κ2) is 8.21. The van der Waals surface area contributed by atoms with Crippen molar-refractivity contribution in [3.05, 3.63) is 138 Å². The van der Waals surface area contributed by atoms with E-state index in [1.165, 1.54) is 54.3 Å². The average Bonchev–Trinajstić information content (AvgIpc) is 3.31. The maximum absolute atomic E-state index is 6.56. The Morgan fingerprint density at radius 3 is 1.76 bits per heavy atom. The number of hydrogen-bond donors (Lipinski definition) is 0. The van der Waals surface area contributed by atoms with Gasteiger partial charge in [0.05, 0.1) is 11.0 Å². The van der Waals surface area contributed by atoms with Gasteiger partial charge >= 0.3 is 0 Å². The number of aromatic nitrogens is 1.